The summed E-state index contributed by atoms with van der Waals surface area (Å²) in [4.78, 5) is 13.2. The van der Waals surface area contributed by atoms with Crippen LogP contribution in [0.2, 0.25) is 5.02 Å². The normalized spacial score (nSPS) is 10.3. The van der Waals surface area contributed by atoms with Gasteiger partial charge in [-0.1, -0.05) is 23.7 Å². The Morgan fingerprint density at radius 3 is 2.70 bits per heavy atom. The average molecular weight is 290 g/mol. The monoisotopic (exact) mass is 289 g/mol. The summed E-state index contributed by atoms with van der Waals surface area (Å²) in [6, 6.07) is 12.6. The lowest BCUT2D eigenvalue weighted by molar-refractivity contribution is 0.1000. The zero-order valence-corrected chi connectivity index (χ0v) is 11.9. The summed E-state index contributed by atoms with van der Waals surface area (Å²) in [5, 5.41) is 0.631. The lowest BCUT2D eigenvalue weighted by atomic mass is 10.1. The van der Waals surface area contributed by atoms with Crippen molar-refractivity contribution in [3.8, 4) is 0 Å². The fourth-order valence-electron chi connectivity index (χ4n) is 2.03. The summed E-state index contributed by atoms with van der Waals surface area (Å²) < 4.78 is 0. The van der Waals surface area contributed by atoms with Crippen LogP contribution in [0.25, 0.3) is 0 Å². The first-order valence-electron chi connectivity index (χ1n) is 6.12. The van der Waals surface area contributed by atoms with Gasteiger partial charge in [0.25, 0.3) is 0 Å². The van der Waals surface area contributed by atoms with Gasteiger partial charge in [0.1, 0.15) is 0 Å². The van der Waals surface area contributed by atoms with Crippen molar-refractivity contribution < 1.29 is 4.79 Å². The predicted molar refractivity (Wildman–Crippen MR) is 82.9 cm³/mol. The Bertz CT molecular complexity index is 643. The van der Waals surface area contributed by atoms with Crippen molar-refractivity contribution >= 4 is 28.9 Å². The van der Waals surface area contributed by atoms with Crippen molar-refractivity contribution in [3.63, 3.8) is 0 Å². The first kappa shape index (κ1) is 14.2. The Morgan fingerprint density at radius 1 is 1.25 bits per heavy atom. The molecule has 0 aliphatic carbocycles. The molecule has 2 aromatic carbocycles. The summed E-state index contributed by atoms with van der Waals surface area (Å²) in [5.74, 6) is -0.434. The molecule has 0 bridgehead atoms. The summed E-state index contributed by atoms with van der Waals surface area (Å²) in [5.41, 5.74) is 14.2. The molecule has 2 rings (SSSR count). The largest absolute Gasteiger partial charge is 0.397 e. The number of benzene rings is 2. The van der Waals surface area contributed by atoms with Gasteiger partial charge in [-0.25, -0.2) is 0 Å². The lowest BCUT2D eigenvalue weighted by Crippen LogP contribution is -2.18. The minimum Gasteiger partial charge on any atom is -0.397 e. The second-order valence-electron chi connectivity index (χ2n) is 4.62. The summed E-state index contributed by atoms with van der Waals surface area (Å²) in [6.07, 6.45) is 0. The Hall–Kier alpha value is -2.20. The number of primary amides is 1. The predicted octanol–water partition coefficient (Wildman–Crippen LogP) is 2.66. The lowest BCUT2D eigenvalue weighted by Gasteiger charge is -2.21. The number of rotatable bonds is 4. The highest BCUT2D eigenvalue weighted by Crippen LogP contribution is 2.27. The third kappa shape index (κ3) is 3.22. The molecule has 0 saturated carbocycles. The summed E-state index contributed by atoms with van der Waals surface area (Å²) in [6.45, 7) is 0.603. The van der Waals surface area contributed by atoms with E-state index in [2.05, 4.69) is 0 Å². The number of carbonyl (C=O) groups excluding carboxylic acids is 1. The van der Waals surface area contributed by atoms with Crippen molar-refractivity contribution in [2.75, 3.05) is 17.7 Å². The molecule has 104 valence electrons. The molecule has 0 aromatic heterocycles. The number of halogens is 1. The van der Waals surface area contributed by atoms with Gasteiger partial charge in [-0.15, -0.1) is 0 Å². The molecule has 2 aromatic rings. The van der Waals surface area contributed by atoms with Gasteiger partial charge in [-0.2, -0.15) is 0 Å². The number of nitrogen functional groups attached to an aromatic ring is 1. The molecule has 1 amide bonds. The van der Waals surface area contributed by atoms with Crippen molar-refractivity contribution in [2.24, 2.45) is 5.73 Å². The fraction of sp³-hybridized carbons (Fsp3) is 0.133. The molecule has 0 spiro atoms. The van der Waals surface area contributed by atoms with Gasteiger partial charge >= 0.3 is 0 Å². The number of nitrogens with two attached hydrogens (primary N) is 2. The van der Waals surface area contributed by atoms with E-state index < -0.39 is 5.91 Å². The van der Waals surface area contributed by atoms with E-state index in [4.69, 9.17) is 23.1 Å². The highest BCUT2D eigenvalue weighted by molar-refractivity contribution is 6.31. The number of nitrogens with zero attached hydrogens (tertiary/aromatic N) is 1. The SMILES string of the molecule is CN(Cc1cccc(C(N)=O)c1)c1cc(Cl)ccc1N. The van der Waals surface area contributed by atoms with E-state index in [0.29, 0.717) is 22.8 Å². The van der Waals surface area contributed by atoms with E-state index in [-0.39, 0.29) is 0 Å². The van der Waals surface area contributed by atoms with Gasteiger partial charge in [0.05, 0.1) is 11.4 Å². The first-order chi connectivity index (χ1) is 9.47. The van der Waals surface area contributed by atoms with Crippen molar-refractivity contribution in [3.05, 3.63) is 58.6 Å². The van der Waals surface area contributed by atoms with Crippen LogP contribution in [0.3, 0.4) is 0 Å². The van der Waals surface area contributed by atoms with Crippen LogP contribution in [0.15, 0.2) is 42.5 Å². The van der Waals surface area contributed by atoms with Crippen LogP contribution in [0.4, 0.5) is 11.4 Å². The standard InChI is InChI=1S/C15H16ClN3O/c1-19(14-8-12(16)5-6-13(14)17)9-10-3-2-4-11(7-10)15(18)20/h2-8H,9,17H2,1H3,(H2,18,20). The highest BCUT2D eigenvalue weighted by Gasteiger charge is 2.08. The van der Waals surface area contributed by atoms with E-state index in [1.54, 1.807) is 24.3 Å². The topological polar surface area (TPSA) is 72.3 Å². The van der Waals surface area contributed by atoms with Gasteiger partial charge in [0, 0.05) is 24.2 Å². The van der Waals surface area contributed by atoms with Crippen LogP contribution in [0.1, 0.15) is 15.9 Å². The number of amides is 1. The first-order valence-corrected chi connectivity index (χ1v) is 6.50. The molecule has 0 fully saturated rings. The van der Waals surface area contributed by atoms with Crippen LogP contribution in [0, 0.1) is 0 Å². The van der Waals surface area contributed by atoms with E-state index in [1.165, 1.54) is 0 Å². The highest BCUT2D eigenvalue weighted by atomic mass is 35.5. The van der Waals surface area contributed by atoms with Gasteiger partial charge in [-0.05, 0) is 35.9 Å². The molecule has 4 N–H and O–H groups in total. The maximum absolute atomic E-state index is 11.2. The number of hydrogen-bond donors (Lipinski definition) is 2. The molecule has 0 saturated heterocycles. The number of anilines is 2. The second kappa shape index (κ2) is 5.84. The maximum atomic E-state index is 11.2. The molecular formula is C15H16ClN3O. The van der Waals surface area contributed by atoms with Gasteiger partial charge in [0.15, 0.2) is 0 Å². The summed E-state index contributed by atoms with van der Waals surface area (Å²) in [7, 11) is 1.92. The van der Waals surface area contributed by atoms with E-state index in [9.17, 15) is 4.79 Å². The molecule has 0 unspecified atom stereocenters. The van der Waals surface area contributed by atoms with Crippen molar-refractivity contribution in [2.45, 2.75) is 6.54 Å². The molecular weight excluding hydrogens is 274 g/mol. The molecule has 5 heteroatoms. The number of carbonyl (C=O) groups is 1. The van der Waals surface area contributed by atoms with Crippen LogP contribution >= 0.6 is 11.6 Å². The van der Waals surface area contributed by atoms with E-state index >= 15 is 0 Å². The Labute approximate surface area is 122 Å². The zero-order chi connectivity index (χ0) is 14.7. The minimum atomic E-state index is -0.434. The van der Waals surface area contributed by atoms with Crippen molar-refractivity contribution in [1.29, 1.82) is 0 Å². The summed E-state index contributed by atoms with van der Waals surface area (Å²) >= 11 is 5.99. The second-order valence-corrected chi connectivity index (χ2v) is 5.06. The third-order valence-electron chi connectivity index (χ3n) is 3.03. The van der Waals surface area contributed by atoms with Crippen LogP contribution in [-0.2, 0) is 6.54 Å². The van der Waals surface area contributed by atoms with E-state index in [1.807, 2.05) is 30.1 Å². The van der Waals surface area contributed by atoms with Crippen LogP contribution < -0.4 is 16.4 Å². The molecule has 20 heavy (non-hydrogen) atoms. The Balaban J connectivity index is 2.23. The molecule has 0 heterocycles. The smallest absolute Gasteiger partial charge is 0.248 e. The number of hydrogen-bond acceptors (Lipinski definition) is 3. The van der Waals surface area contributed by atoms with Crippen molar-refractivity contribution in [1.82, 2.24) is 0 Å². The molecule has 0 atom stereocenters. The minimum absolute atomic E-state index is 0.434. The Morgan fingerprint density at radius 2 is 2.00 bits per heavy atom. The third-order valence-corrected chi connectivity index (χ3v) is 3.27. The van der Waals surface area contributed by atoms with Gasteiger partial charge < -0.3 is 16.4 Å². The van der Waals surface area contributed by atoms with Crippen LogP contribution in [-0.4, -0.2) is 13.0 Å². The molecule has 0 aliphatic rings. The molecule has 0 radical (unpaired) electrons. The van der Waals surface area contributed by atoms with E-state index in [0.717, 1.165) is 11.3 Å². The average Bonchev–Trinajstić information content (AvgIpc) is 2.41. The Kier molecular flexibility index (Phi) is 4.15. The molecule has 4 nitrogen and oxygen atoms in total. The molecule has 0 aliphatic heterocycles. The zero-order valence-electron chi connectivity index (χ0n) is 11.1. The quantitative estimate of drug-likeness (QED) is 0.850. The van der Waals surface area contributed by atoms with Gasteiger partial charge in [-0.3, -0.25) is 4.79 Å². The maximum Gasteiger partial charge on any atom is 0.248 e. The van der Waals surface area contributed by atoms with Gasteiger partial charge in [0.2, 0.25) is 5.91 Å². The van der Waals surface area contributed by atoms with Crippen LogP contribution in [0.5, 0.6) is 0 Å². The fourth-order valence-corrected chi connectivity index (χ4v) is 2.20.